The van der Waals surface area contributed by atoms with E-state index in [1.807, 2.05) is 30.3 Å². The molecule has 1 aliphatic heterocycles. The Hall–Kier alpha value is -1.61. The topological polar surface area (TPSA) is 36.1 Å². The molecule has 1 fully saturated rings. The minimum atomic E-state index is 0.197. The molecule has 2 heterocycles. The van der Waals surface area contributed by atoms with Crippen LogP contribution in [0.1, 0.15) is 23.3 Å². The van der Waals surface area contributed by atoms with Crippen LogP contribution in [0.4, 0.5) is 0 Å². The summed E-state index contributed by atoms with van der Waals surface area (Å²) in [6.45, 7) is 2.67. The summed E-state index contributed by atoms with van der Waals surface area (Å²) in [6, 6.07) is 9.95. The van der Waals surface area contributed by atoms with Gasteiger partial charge in [0.15, 0.2) is 5.78 Å². The van der Waals surface area contributed by atoms with E-state index in [1.54, 1.807) is 0 Å². The number of ketones is 1. The molecule has 1 aromatic carbocycles. The van der Waals surface area contributed by atoms with E-state index in [1.165, 1.54) is 12.8 Å². The predicted octanol–water partition coefficient (Wildman–Crippen LogP) is 2.45. The number of fused-ring (bicyclic) bond motifs is 1. The first-order chi connectivity index (χ1) is 8.33. The molecule has 88 valence electrons. The first kappa shape index (κ1) is 10.5. The molecule has 1 aliphatic rings. The number of likely N-dealkylation sites (tertiary alicyclic amines) is 1. The third-order valence-electron chi connectivity index (χ3n) is 3.40. The number of nitrogens with one attached hydrogen (secondary N) is 1. The van der Waals surface area contributed by atoms with Crippen LogP contribution in [0.2, 0.25) is 0 Å². The fourth-order valence-corrected chi connectivity index (χ4v) is 2.45. The number of carbonyl (C=O) groups is 1. The highest BCUT2D eigenvalue weighted by Crippen LogP contribution is 2.16. The minimum absolute atomic E-state index is 0.197. The van der Waals surface area contributed by atoms with Crippen molar-refractivity contribution < 1.29 is 4.79 Å². The van der Waals surface area contributed by atoms with Crippen molar-refractivity contribution in [2.45, 2.75) is 12.8 Å². The summed E-state index contributed by atoms with van der Waals surface area (Å²) in [4.78, 5) is 17.5. The van der Waals surface area contributed by atoms with E-state index in [9.17, 15) is 4.79 Å². The Balaban J connectivity index is 1.80. The summed E-state index contributed by atoms with van der Waals surface area (Å²) in [7, 11) is 0. The monoisotopic (exact) mass is 228 g/mol. The zero-order chi connectivity index (χ0) is 11.7. The van der Waals surface area contributed by atoms with Crippen molar-refractivity contribution in [3.8, 4) is 0 Å². The number of Topliss-reactive ketones (excluding diaryl/α,β-unsaturated/α-hetero) is 1. The summed E-state index contributed by atoms with van der Waals surface area (Å²) in [6.07, 6.45) is 2.44. The van der Waals surface area contributed by atoms with Gasteiger partial charge in [-0.05, 0) is 38.1 Å². The summed E-state index contributed by atoms with van der Waals surface area (Å²) < 4.78 is 0. The first-order valence-electron chi connectivity index (χ1n) is 6.16. The fraction of sp³-hybridized carbons (Fsp3) is 0.357. The molecule has 0 bridgehead atoms. The average Bonchev–Trinajstić information content (AvgIpc) is 2.96. The zero-order valence-electron chi connectivity index (χ0n) is 9.78. The van der Waals surface area contributed by atoms with Crippen LogP contribution < -0.4 is 0 Å². The maximum atomic E-state index is 12.1. The minimum Gasteiger partial charge on any atom is -0.352 e. The van der Waals surface area contributed by atoms with Gasteiger partial charge < -0.3 is 4.98 Å². The normalized spacial score (nSPS) is 16.7. The van der Waals surface area contributed by atoms with E-state index >= 15 is 0 Å². The molecule has 0 amide bonds. The Kier molecular flexibility index (Phi) is 2.69. The molecule has 0 radical (unpaired) electrons. The van der Waals surface area contributed by atoms with Crippen molar-refractivity contribution >= 4 is 16.7 Å². The van der Waals surface area contributed by atoms with Crippen molar-refractivity contribution in [1.82, 2.24) is 9.88 Å². The predicted molar refractivity (Wildman–Crippen MR) is 68.3 cm³/mol. The van der Waals surface area contributed by atoms with Gasteiger partial charge >= 0.3 is 0 Å². The Morgan fingerprint density at radius 3 is 2.76 bits per heavy atom. The Labute approximate surface area is 100 Å². The maximum Gasteiger partial charge on any atom is 0.192 e. The number of hydrogen-bond acceptors (Lipinski definition) is 2. The molecular formula is C14H16N2O. The number of para-hydroxylation sites is 1. The second kappa shape index (κ2) is 4.34. The van der Waals surface area contributed by atoms with Crippen molar-refractivity contribution in [1.29, 1.82) is 0 Å². The standard InChI is InChI=1S/C14H16N2O/c17-14(10-16-7-3-4-8-16)13-9-11-5-1-2-6-12(11)15-13/h1-2,5-6,9,15H,3-4,7-8,10H2. The smallest absolute Gasteiger partial charge is 0.192 e. The number of nitrogens with zero attached hydrogens (tertiary/aromatic N) is 1. The van der Waals surface area contributed by atoms with E-state index in [-0.39, 0.29) is 5.78 Å². The number of hydrogen-bond donors (Lipinski definition) is 1. The molecule has 1 N–H and O–H groups in total. The van der Waals surface area contributed by atoms with Gasteiger partial charge in [0.2, 0.25) is 0 Å². The number of benzene rings is 1. The van der Waals surface area contributed by atoms with Crippen molar-refractivity contribution in [3.05, 3.63) is 36.0 Å². The Morgan fingerprint density at radius 1 is 1.24 bits per heavy atom. The van der Waals surface area contributed by atoms with Crippen LogP contribution >= 0.6 is 0 Å². The summed E-state index contributed by atoms with van der Waals surface area (Å²) in [5.74, 6) is 0.197. The van der Waals surface area contributed by atoms with Gasteiger partial charge in [-0.25, -0.2) is 0 Å². The zero-order valence-corrected chi connectivity index (χ0v) is 9.78. The number of aromatic amines is 1. The van der Waals surface area contributed by atoms with Gasteiger partial charge in [0, 0.05) is 10.9 Å². The van der Waals surface area contributed by atoms with Crippen LogP contribution in [0.25, 0.3) is 10.9 Å². The maximum absolute atomic E-state index is 12.1. The third kappa shape index (κ3) is 2.11. The molecule has 17 heavy (non-hydrogen) atoms. The SMILES string of the molecule is O=C(CN1CCCC1)c1cc2ccccc2[nH]1. The van der Waals surface area contributed by atoms with Gasteiger partial charge in [-0.1, -0.05) is 18.2 Å². The molecule has 0 saturated carbocycles. The Bertz CT molecular complexity index is 505. The van der Waals surface area contributed by atoms with Crippen molar-refractivity contribution in [3.63, 3.8) is 0 Å². The molecule has 1 saturated heterocycles. The van der Waals surface area contributed by atoms with E-state index in [0.29, 0.717) is 6.54 Å². The molecule has 0 aliphatic carbocycles. The molecule has 3 rings (SSSR count). The lowest BCUT2D eigenvalue weighted by atomic mass is 10.2. The number of H-pyrrole nitrogens is 1. The second-order valence-electron chi connectivity index (χ2n) is 4.68. The molecular weight excluding hydrogens is 212 g/mol. The van der Waals surface area contributed by atoms with E-state index in [4.69, 9.17) is 0 Å². The summed E-state index contributed by atoms with van der Waals surface area (Å²) in [5.41, 5.74) is 1.77. The van der Waals surface area contributed by atoms with Crippen LogP contribution in [0, 0.1) is 0 Å². The number of aromatic nitrogens is 1. The quantitative estimate of drug-likeness (QED) is 0.819. The highest BCUT2D eigenvalue weighted by atomic mass is 16.1. The third-order valence-corrected chi connectivity index (χ3v) is 3.40. The van der Waals surface area contributed by atoms with Gasteiger partial charge in [-0.3, -0.25) is 9.69 Å². The number of rotatable bonds is 3. The van der Waals surface area contributed by atoms with E-state index < -0.39 is 0 Å². The molecule has 0 unspecified atom stereocenters. The molecule has 0 atom stereocenters. The fourth-order valence-electron chi connectivity index (χ4n) is 2.45. The van der Waals surface area contributed by atoms with Crippen LogP contribution in [0.5, 0.6) is 0 Å². The average molecular weight is 228 g/mol. The molecule has 1 aromatic heterocycles. The summed E-state index contributed by atoms with van der Waals surface area (Å²) in [5, 5.41) is 1.11. The highest BCUT2D eigenvalue weighted by Gasteiger charge is 2.17. The molecule has 3 nitrogen and oxygen atoms in total. The summed E-state index contributed by atoms with van der Waals surface area (Å²) >= 11 is 0. The van der Waals surface area contributed by atoms with Gasteiger partial charge in [-0.2, -0.15) is 0 Å². The Morgan fingerprint density at radius 2 is 2.00 bits per heavy atom. The second-order valence-corrected chi connectivity index (χ2v) is 4.68. The van der Waals surface area contributed by atoms with Crippen LogP contribution in [0.3, 0.4) is 0 Å². The van der Waals surface area contributed by atoms with E-state index in [0.717, 1.165) is 29.7 Å². The highest BCUT2D eigenvalue weighted by molar-refractivity contribution is 6.00. The first-order valence-corrected chi connectivity index (χ1v) is 6.16. The van der Waals surface area contributed by atoms with Crippen LogP contribution in [0.15, 0.2) is 30.3 Å². The van der Waals surface area contributed by atoms with Crippen molar-refractivity contribution in [2.24, 2.45) is 0 Å². The molecule has 2 aromatic rings. The van der Waals surface area contributed by atoms with E-state index in [2.05, 4.69) is 9.88 Å². The van der Waals surface area contributed by atoms with Gasteiger partial charge in [0.05, 0.1) is 12.2 Å². The lowest BCUT2D eigenvalue weighted by Gasteiger charge is -2.12. The van der Waals surface area contributed by atoms with Gasteiger partial charge in [0.25, 0.3) is 0 Å². The number of carbonyl (C=O) groups excluding carboxylic acids is 1. The largest absolute Gasteiger partial charge is 0.352 e. The van der Waals surface area contributed by atoms with Crippen LogP contribution in [-0.2, 0) is 0 Å². The lowest BCUT2D eigenvalue weighted by Crippen LogP contribution is -2.26. The van der Waals surface area contributed by atoms with Gasteiger partial charge in [-0.15, -0.1) is 0 Å². The van der Waals surface area contributed by atoms with Crippen molar-refractivity contribution in [2.75, 3.05) is 19.6 Å². The lowest BCUT2D eigenvalue weighted by molar-refractivity contribution is 0.0941. The molecule has 0 spiro atoms. The molecule has 3 heteroatoms. The van der Waals surface area contributed by atoms with Crippen LogP contribution in [-0.4, -0.2) is 35.3 Å². The van der Waals surface area contributed by atoms with Gasteiger partial charge in [0.1, 0.15) is 0 Å².